The lowest BCUT2D eigenvalue weighted by atomic mass is 10.2. The third-order valence-corrected chi connectivity index (χ3v) is 3.40. The van der Waals surface area contributed by atoms with Crippen LogP contribution in [0.25, 0.3) is 0 Å². The Balaban J connectivity index is 2.29. The van der Waals surface area contributed by atoms with Gasteiger partial charge in [0, 0.05) is 18.8 Å². The summed E-state index contributed by atoms with van der Waals surface area (Å²) in [4.78, 5) is 10.9. The summed E-state index contributed by atoms with van der Waals surface area (Å²) in [6, 6.07) is 2.20. The first-order valence-corrected chi connectivity index (χ1v) is 6.18. The molecule has 1 aromatic heterocycles. The first kappa shape index (κ1) is 12.6. The Morgan fingerprint density at radius 1 is 1.44 bits per heavy atom. The molecule has 0 bridgehead atoms. The van der Waals surface area contributed by atoms with Gasteiger partial charge in [0.15, 0.2) is 5.84 Å². The monoisotopic (exact) mass is 249 g/mol. The van der Waals surface area contributed by atoms with Crippen LogP contribution in [0.4, 0.5) is 5.95 Å². The molecule has 0 atom stereocenters. The van der Waals surface area contributed by atoms with Crippen LogP contribution in [0.3, 0.4) is 0 Å². The number of hydrogen-bond donors (Lipinski definition) is 2. The Morgan fingerprint density at radius 3 is 2.72 bits per heavy atom. The zero-order valence-electron chi connectivity index (χ0n) is 10.8. The maximum absolute atomic E-state index is 8.71. The standard InChI is InChI=1S/C12H19N5O/c1-8-7-10(11(13)16-18)15-12(14-8)17(2)9-5-3-4-6-9/h7,9,18H,3-6H2,1-2H3,(H2,13,16). The highest BCUT2D eigenvalue weighted by Crippen LogP contribution is 2.25. The lowest BCUT2D eigenvalue weighted by Crippen LogP contribution is -2.31. The highest BCUT2D eigenvalue weighted by atomic mass is 16.4. The van der Waals surface area contributed by atoms with Crippen LogP contribution in [0.5, 0.6) is 0 Å². The van der Waals surface area contributed by atoms with E-state index in [0.717, 1.165) is 5.69 Å². The lowest BCUT2D eigenvalue weighted by Gasteiger charge is -2.24. The summed E-state index contributed by atoms with van der Waals surface area (Å²) in [5, 5.41) is 11.7. The number of nitrogens with zero attached hydrogens (tertiary/aromatic N) is 4. The van der Waals surface area contributed by atoms with Gasteiger partial charge in [0.25, 0.3) is 0 Å². The third kappa shape index (κ3) is 2.52. The Kier molecular flexibility index (Phi) is 3.64. The van der Waals surface area contributed by atoms with Gasteiger partial charge in [-0.05, 0) is 25.8 Å². The first-order chi connectivity index (χ1) is 8.61. The van der Waals surface area contributed by atoms with Crippen LogP contribution in [0, 0.1) is 6.92 Å². The summed E-state index contributed by atoms with van der Waals surface area (Å²) in [6.45, 7) is 1.88. The van der Waals surface area contributed by atoms with Crippen LogP contribution in [0.1, 0.15) is 37.1 Å². The normalized spacial score (nSPS) is 17.1. The number of anilines is 1. The van der Waals surface area contributed by atoms with E-state index in [-0.39, 0.29) is 5.84 Å². The summed E-state index contributed by atoms with van der Waals surface area (Å²) < 4.78 is 0. The van der Waals surface area contributed by atoms with Crippen molar-refractivity contribution in [3.05, 3.63) is 17.5 Å². The minimum atomic E-state index is 0.0153. The largest absolute Gasteiger partial charge is 0.409 e. The molecular formula is C12H19N5O. The van der Waals surface area contributed by atoms with Crippen molar-refractivity contribution in [2.24, 2.45) is 10.9 Å². The van der Waals surface area contributed by atoms with Gasteiger partial charge in [-0.1, -0.05) is 18.0 Å². The fraction of sp³-hybridized carbons (Fsp3) is 0.583. The Morgan fingerprint density at radius 2 is 2.11 bits per heavy atom. The lowest BCUT2D eigenvalue weighted by molar-refractivity contribution is 0.318. The van der Waals surface area contributed by atoms with Gasteiger partial charge in [-0.2, -0.15) is 0 Å². The minimum absolute atomic E-state index is 0.0153. The molecule has 98 valence electrons. The van der Waals surface area contributed by atoms with Crippen molar-refractivity contribution in [3.8, 4) is 0 Å². The number of amidine groups is 1. The van der Waals surface area contributed by atoms with Gasteiger partial charge < -0.3 is 15.8 Å². The van der Waals surface area contributed by atoms with Crippen molar-refractivity contribution in [1.29, 1.82) is 0 Å². The maximum Gasteiger partial charge on any atom is 0.226 e. The van der Waals surface area contributed by atoms with E-state index in [2.05, 4.69) is 20.0 Å². The van der Waals surface area contributed by atoms with E-state index in [1.165, 1.54) is 25.7 Å². The molecule has 0 radical (unpaired) electrons. The maximum atomic E-state index is 8.71. The SMILES string of the molecule is Cc1cc(/C(N)=N/O)nc(N(C)C2CCCC2)n1. The van der Waals surface area contributed by atoms with Crippen LogP contribution in [0.2, 0.25) is 0 Å². The molecule has 0 spiro atoms. The fourth-order valence-corrected chi connectivity index (χ4v) is 2.35. The molecule has 0 unspecified atom stereocenters. The second-order valence-corrected chi connectivity index (χ2v) is 4.73. The van der Waals surface area contributed by atoms with Gasteiger partial charge in [0.05, 0.1) is 0 Å². The molecule has 0 saturated heterocycles. The highest BCUT2D eigenvalue weighted by molar-refractivity contribution is 5.95. The molecule has 1 saturated carbocycles. The Bertz CT molecular complexity index is 454. The first-order valence-electron chi connectivity index (χ1n) is 6.18. The molecule has 0 amide bonds. The summed E-state index contributed by atoms with van der Waals surface area (Å²) in [5.41, 5.74) is 6.85. The summed E-state index contributed by atoms with van der Waals surface area (Å²) in [5.74, 6) is 0.657. The van der Waals surface area contributed by atoms with E-state index in [0.29, 0.717) is 17.7 Å². The van der Waals surface area contributed by atoms with Crippen molar-refractivity contribution in [1.82, 2.24) is 9.97 Å². The molecule has 0 aromatic carbocycles. The molecule has 1 aliphatic carbocycles. The van der Waals surface area contributed by atoms with E-state index in [9.17, 15) is 0 Å². The third-order valence-electron chi connectivity index (χ3n) is 3.40. The Labute approximate surface area is 107 Å². The van der Waals surface area contributed by atoms with Crippen molar-refractivity contribution in [3.63, 3.8) is 0 Å². The van der Waals surface area contributed by atoms with E-state index < -0.39 is 0 Å². The fourth-order valence-electron chi connectivity index (χ4n) is 2.35. The van der Waals surface area contributed by atoms with Gasteiger partial charge in [0.1, 0.15) is 5.69 Å². The molecule has 3 N–H and O–H groups in total. The van der Waals surface area contributed by atoms with E-state index in [1.807, 2.05) is 14.0 Å². The van der Waals surface area contributed by atoms with Crippen LogP contribution >= 0.6 is 0 Å². The van der Waals surface area contributed by atoms with Gasteiger partial charge >= 0.3 is 0 Å². The van der Waals surface area contributed by atoms with Crippen LogP contribution < -0.4 is 10.6 Å². The average Bonchev–Trinajstić information content (AvgIpc) is 2.90. The smallest absolute Gasteiger partial charge is 0.226 e. The second-order valence-electron chi connectivity index (χ2n) is 4.73. The predicted molar refractivity (Wildman–Crippen MR) is 69.9 cm³/mol. The summed E-state index contributed by atoms with van der Waals surface area (Å²) in [7, 11) is 2.00. The minimum Gasteiger partial charge on any atom is -0.409 e. The van der Waals surface area contributed by atoms with Crippen molar-refractivity contribution >= 4 is 11.8 Å². The van der Waals surface area contributed by atoms with Crippen molar-refractivity contribution in [2.45, 2.75) is 38.6 Å². The van der Waals surface area contributed by atoms with Gasteiger partial charge in [-0.3, -0.25) is 0 Å². The molecule has 1 fully saturated rings. The van der Waals surface area contributed by atoms with E-state index >= 15 is 0 Å². The molecular weight excluding hydrogens is 230 g/mol. The second kappa shape index (κ2) is 5.20. The molecule has 1 aromatic rings. The molecule has 1 heterocycles. The molecule has 6 heteroatoms. The van der Waals surface area contributed by atoms with Crippen LogP contribution in [-0.2, 0) is 0 Å². The zero-order chi connectivity index (χ0) is 13.1. The van der Waals surface area contributed by atoms with E-state index in [1.54, 1.807) is 6.07 Å². The summed E-state index contributed by atoms with van der Waals surface area (Å²) in [6.07, 6.45) is 4.86. The van der Waals surface area contributed by atoms with E-state index in [4.69, 9.17) is 10.9 Å². The van der Waals surface area contributed by atoms with Crippen LogP contribution in [0.15, 0.2) is 11.2 Å². The number of aryl methyl sites for hydroxylation is 1. The number of aromatic nitrogens is 2. The van der Waals surface area contributed by atoms with Gasteiger partial charge in [-0.25, -0.2) is 9.97 Å². The number of hydrogen-bond acceptors (Lipinski definition) is 5. The summed E-state index contributed by atoms with van der Waals surface area (Å²) >= 11 is 0. The van der Waals surface area contributed by atoms with Crippen molar-refractivity contribution in [2.75, 3.05) is 11.9 Å². The number of nitrogens with two attached hydrogens (primary N) is 1. The Hall–Kier alpha value is -1.85. The van der Waals surface area contributed by atoms with Gasteiger partial charge in [-0.15, -0.1) is 0 Å². The molecule has 1 aliphatic rings. The average molecular weight is 249 g/mol. The quantitative estimate of drug-likeness (QED) is 0.364. The predicted octanol–water partition coefficient (Wildman–Crippen LogP) is 1.26. The number of oxime groups is 1. The molecule has 18 heavy (non-hydrogen) atoms. The molecule has 6 nitrogen and oxygen atoms in total. The van der Waals surface area contributed by atoms with Crippen molar-refractivity contribution < 1.29 is 5.21 Å². The topological polar surface area (TPSA) is 87.6 Å². The molecule has 0 aliphatic heterocycles. The van der Waals surface area contributed by atoms with Gasteiger partial charge in [0.2, 0.25) is 5.95 Å². The molecule has 2 rings (SSSR count). The zero-order valence-corrected chi connectivity index (χ0v) is 10.8. The number of rotatable bonds is 3. The van der Waals surface area contributed by atoms with Crippen LogP contribution in [-0.4, -0.2) is 34.1 Å². The highest BCUT2D eigenvalue weighted by Gasteiger charge is 2.22.